The molecular formula is C11H15FN2O2S. The van der Waals surface area contributed by atoms with E-state index in [1.54, 1.807) is 0 Å². The second kappa shape index (κ2) is 4.62. The normalized spacial score (nSPS) is 15.9. The maximum atomic E-state index is 13.2. The van der Waals surface area contributed by atoms with Crippen molar-refractivity contribution in [3.8, 4) is 0 Å². The molecular weight excluding hydrogens is 243 g/mol. The van der Waals surface area contributed by atoms with Crippen LogP contribution in [0.15, 0.2) is 18.2 Å². The van der Waals surface area contributed by atoms with E-state index < -0.39 is 15.8 Å². The van der Waals surface area contributed by atoms with Gasteiger partial charge in [-0.1, -0.05) is 0 Å². The molecule has 0 bridgehead atoms. The Bertz CT molecular complexity index is 512. The number of hydrogen-bond donors (Lipinski definition) is 2. The van der Waals surface area contributed by atoms with Gasteiger partial charge in [-0.05, 0) is 37.0 Å². The second-order valence-corrected chi connectivity index (χ2v) is 6.10. The lowest BCUT2D eigenvalue weighted by atomic mass is 10.2. The molecule has 4 nitrogen and oxygen atoms in total. The fourth-order valence-electron chi connectivity index (χ4n) is 1.61. The molecule has 0 aliphatic heterocycles. The first-order valence-corrected chi connectivity index (χ1v) is 7.14. The van der Waals surface area contributed by atoms with Crippen LogP contribution in [-0.2, 0) is 16.6 Å². The molecule has 94 valence electrons. The van der Waals surface area contributed by atoms with Crippen molar-refractivity contribution in [2.24, 2.45) is 11.7 Å². The summed E-state index contributed by atoms with van der Waals surface area (Å²) < 4.78 is 39.0. The van der Waals surface area contributed by atoms with E-state index in [1.165, 1.54) is 18.2 Å². The zero-order valence-electron chi connectivity index (χ0n) is 9.32. The lowest BCUT2D eigenvalue weighted by molar-refractivity contribution is 0.597. The fourth-order valence-corrected chi connectivity index (χ4v) is 3.13. The van der Waals surface area contributed by atoms with Gasteiger partial charge in [-0.25, -0.2) is 12.8 Å². The first kappa shape index (κ1) is 12.3. The number of hydrogen-bond acceptors (Lipinski definition) is 3. The van der Waals surface area contributed by atoms with Gasteiger partial charge in [-0.2, -0.15) is 0 Å². The average molecular weight is 258 g/mol. The fraction of sp³-hybridized carbons (Fsp3) is 0.455. The Morgan fingerprint density at radius 3 is 2.71 bits per heavy atom. The minimum absolute atomic E-state index is 0.0457. The van der Waals surface area contributed by atoms with Gasteiger partial charge in [-0.3, -0.25) is 4.72 Å². The third-order valence-corrected chi connectivity index (χ3v) is 4.15. The summed E-state index contributed by atoms with van der Waals surface area (Å²) >= 11 is 0. The van der Waals surface area contributed by atoms with Crippen LogP contribution in [0.4, 0.5) is 10.1 Å². The van der Waals surface area contributed by atoms with Gasteiger partial charge in [0.1, 0.15) is 5.82 Å². The molecule has 0 aromatic heterocycles. The van der Waals surface area contributed by atoms with Gasteiger partial charge in [0, 0.05) is 17.8 Å². The molecule has 0 unspecified atom stereocenters. The molecule has 1 aliphatic rings. The zero-order valence-corrected chi connectivity index (χ0v) is 10.1. The van der Waals surface area contributed by atoms with Gasteiger partial charge in [0.15, 0.2) is 0 Å². The molecule has 1 saturated carbocycles. The number of anilines is 1. The molecule has 17 heavy (non-hydrogen) atoms. The molecule has 0 atom stereocenters. The Morgan fingerprint density at radius 1 is 1.41 bits per heavy atom. The average Bonchev–Trinajstić information content (AvgIpc) is 3.03. The van der Waals surface area contributed by atoms with Crippen molar-refractivity contribution in [2.45, 2.75) is 19.4 Å². The van der Waals surface area contributed by atoms with Crippen LogP contribution >= 0.6 is 0 Å². The summed E-state index contributed by atoms with van der Waals surface area (Å²) in [5, 5.41) is 0. The van der Waals surface area contributed by atoms with Crippen molar-refractivity contribution < 1.29 is 12.8 Å². The predicted octanol–water partition coefficient (Wildman–Crippen LogP) is 1.44. The lowest BCUT2D eigenvalue weighted by Gasteiger charge is -2.09. The zero-order chi connectivity index (χ0) is 12.5. The van der Waals surface area contributed by atoms with Crippen LogP contribution in [-0.4, -0.2) is 14.2 Å². The first-order valence-electron chi connectivity index (χ1n) is 5.49. The van der Waals surface area contributed by atoms with Crippen LogP contribution in [0.5, 0.6) is 0 Å². The molecule has 3 N–H and O–H groups in total. The molecule has 0 spiro atoms. The number of rotatable bonds is 5. The summed E-state index contributed by atoms with van der Waals surface area (Å²) in [7, 11) is -3.32. The Labute approximate surface area is 100 Å². The van der Waals surface area contributed by atoms with Gasteiger partial charge in [0.05, 0.1) is 5.75 Å². The quantitative estimate of drug-likeness (QED) is 0.839. The van der Waals surface area contributed by atoms with Crippen molar-refractivity contribution >= 4 is 15.7 Å². The van der Waals surface area contributed by atoms with E-state index in [-0.39, 0.29) is 18.2 Å². The molecule has 0 amide bonds. The van der Waals surface area contributed by atoms with Gasteiger partial charge in [-0.15, -0.1) is 0 Å². The Balaban J connectivity index is 2.12. The second-order valence-electron chi connectivity index (χ2n) is 4.34. The minimum atomic E-state index is -3.32. The predicted molar refractivity (Wildman–Crippen MR) is 64.4 cm³/mol. The number of halogens is 1. The molecule has 1 aromatic carbocycles. The maximum Gasteiger partial charge on any atom is 0.232 e. The summed E-state index contributed by atoms with van der Waals surface area (Å²) in [6.07, 6.45) is 1.94. The SMILES string of the molecule is NCc1cc(NS(=O)(=O)CC2CC2)ccc1F. The lowest BCUT2D eigenvalue weighted by Crippen LogP contribution is -2.18. The number of nitrogens with one attached hydrogen (secondary N) is 1. The Kier molecular flexibility index (Phi) is 3.35. The van der Waals surface area contributed by atoms with E-state index in [2.05, 4.69) is 4.72 Å². The Hall–Kier alpha value is -1.14. The van der Waals surface area contributed by atoms with Gasteiger partial charge in [0.25, 0.3) is 0 Å². The van der Waals surface area contributed by atoms with E-state index in [0.717, 1.165) is 12.8 Å². The summed E-state index contributed by atoms with van der Waals surface area (Å²) in [4.78, 5) is 0. The minimum Gasteiger partial charge on any atom is -0.326 e. The van der Waals surface area contributed by atoms with E-state index >= 15 is 0 Å². The van der Waals surface area contributed by atoms with Crippen molar-refractivity contribution in [2.75, 3.05) is 10.5 Å². The molecule has 6 heteroatoms. The monoisotopic (exact) mass is 258 g/mol. The van der Waals surface area contributed by atoms with Gasteiger partial charge >= 0.3 is 0 Å². The van der Waals surface area contributed by atoms with Gasteiger partial charge < -0.3 is 5.73 Å². The molecule has 0 radical (unpaired) electrons. The smallest absolute Gasteiger partial charge is 0.232 e. The van der Waals surface area contributed by atoms with Crippen molar-refractivity contribution in [1.82, 2.24) is 0 Å². The van der Waals surface area contributed by atoms with Crippen LogP contribution < -0.4 is 10.5 Å². The maximum absolute atomic E-state index is 13.2. The van der Waals surface area contributed by atoms with Crippen LogP contribution in [0.1, 0.15) is 18.4 Å². The molecule has 1 aromatic rings. The van der Waals surface area contributed by atoms with Crippen molar-refractivity contribution in [1.29, 1.82) is 0 Å². The highest BCUT2D eigenvalue weighted by Crippen LogP contribution is 2.30. The van der Waals surface area contributed by atoms with E-state index in [0.29, 0.717) is 11.3 Å². The number of nitrogens with two attached hydrogens (primary N) is 1. The Morgan fingerprint density at radius 2 is 2.12 bits per heavy atom. The highest BCUT2D eigenvalue weighted by atomic mass is 32.2. The first-order chi connectivity index (χ1) is 8.00. The molecule has 2 rings (SSSR count). The summed E-state index contributed by atoms with van der Waals surface area (Å²) in [6.45, 7) is 0.0457. The van der Waals surface area contributed by atoms with Crippen molar-refractivity contribution in [3.63, 3.8) is 0 Å². The molecule has 1 fully saturated rings. The summed E-state index contributed by atoms with van der Waals surface area (Å²) in [6, 6.07) is 4.05. The highest BCUT2D eigenvalue weighted by molar-refractivity contribution is 7.92. The molecule has 0 saturated heterocycles. The largest absolute Gasteiger partial charge is 0.326 e. The van der Waals surface area contributed by atoms with Crippen LogP contribution in [0, 0.1) is 11.7 Å². The molecule has 0 heterocycles. The van der Waals surface area contributed by atoms with E-state index in [4.69, 9.17) is 5.73 Å². The van der Waals surface area contributed by atoms with E-state index in [1.807, 2.05) is 0 Å². The standard InChI is InChI=1S/C11H15FN2O2S/c12-11-4-3-10(5-9(11)6-13)14-17(15,16)7-8-1-2-8/h3-5,8,14H,1-2,6-7,13H2. The summed E-state index contributed by atoms with van der Waals surface area (Å²) in [5.74, 6) is 0.00192. The van der Waals surface area contributed by atoms with Crippen LogP contribution in [0.25, 0.3) is 0 Å². The van der Waals surface area contributed by atoms with Crippen molar-refractivity contribution in [3.05, 3.63) is 29.6 Å². The number of benzene rings is 1. The summed E-state index contributed by atoms with van der Waals surface area (Å²) in [5.41, 5.74) is 6.03. The van der Waals surface area contributed by atoms with E-state index in [9.17, 15) is 12.8 Å². The van der Waals surface area contributed by atoms with Crippen LogP contribution in [0.3, 0.4) is 0 Å². The topological polar surface area (TPSA) is 72.2 Å². The number of sulfonamides is 1. The highest BCUT2D eigenvalue weighted by Gasteiger charge is 2.27. The third kappa shape index (κ3) is 3.41. The van der Waals surface area contributed by atoms with Crippen LogP contribution in [0.2, 0.25) is 0 Å². The van der Waals surface area contributed by atoms with Gasteiger partial charge in [0.2, 0.25) is 10.0 Å². The third-order valence-electron chi connectivity index (χ3n) is 2.69. The molecule has 1 aliphatic carbocycles.